The van der Waals surface area contributed by atoms with Crippen LogP contribution in [0.25, 0.3) is 0 Å². The lowest BCUT2D eigenvalue weighted by molar-refractivity contribution is -0.146. The van der Waals surface area contributed by atoms with E-state index in [0.717, 1.165) is 12.8 Å². The van der Waals surface area contributed by atoms with Gasteiger partial charge in [0.15, 0.2) is 0 Å². The van der Waals surface area contributed by atoms with Crippen molar-refractivity contribution in [3.8, 4) is 0 Å². The third-order valence-electron chi connectivity index (χ3n) is 3.74. The Kier molecular flexibility index (Phi) is 3.99. The van der Waals surface area contributed by atoms with Gasteiger partial charge in [0.05, 0.1) is 13.0 Å². The lowest BCUT2D eigenvalue weighted by Gasteiger charge is -2.30. The summed E-state index contributed by atoms with van der Waals surface area (Å²) in [6, 6.07) is 0.893. The molecule has 3 heteroatoms. The Morgan fingerprint density at radius 2 is 1.94 bits per heavy atom. The van der Waals surface area contributed by atoms with Gasteiger partial charge in [-0.2, -0.15) is 0 Å². The molecule has 2 atom stereocenters. The van der Waals surface area contributed by atoms with E-state index in [9.17, 15) is 4.79 Å². The zero-order chi connectivity index (χ0) is 11.4. The lowest BCUT2D eigenvalue weighted by Crippen LogP contribution is -2.45. The highest BCUT2D eigenvalue weighted by Gasteiger charge is 2.31. The first-order valence-electron chi connectivity index (χ1n) is 6.30. The molecule has 0 bridgehead atoms. The molecule has 3 nitrogen and oxygen atoms in total. The molecular formula is C13H21NO2. The second kappa shape index (κ2) is 5.48. The molecule has 1 fully saturated rings. The minimum Gasteiger partial charge on any atom is -0.469 e. The molecule has 0 unspecified atom stereocenters. The molecule has 0 aromatic heterocycles. The van der Waals surface area contributed by atoms with Crippen molar-refractivity contribution >= 4 is 5.97 Å². The summed E-state index contributed by atoms with van der Waals surface area (Å²) in [5.74, 6) is -0.0598. The summed E-state index contributed by atoms with van der Waals surface area (Å²) in [5.41, 5.74) is 0. The number of hydrogen-bond acceptors (Lipinski definition) is 3. The average Bonchev–Trinajstić information content (AvgIpc) is 2.82. The Hall–Kier alpha value is -0.830. The Balaban J connectivity index is 1.93. The van der Waals surface area contributed by atoms with Gasteiger partial charge in [0, 0.05) is 12.1 Å². The number of nitrogens with one attached hydrogen (secondary N) is 1. The van der Waals surface area contributed by atoms with E-state index in [1.165, 1.54) is 32.8 Å². The van der Waals surface area contributed by atoms with E-state index in [1.807, 2.05) is 0 Å². The number of allylic oxidation sites excluding steroid dienone is 1. The van der Waals surface area contributed by atoms with Gasteiger partial charge < -0.3 is 10.1 Å². The van der Waals surface area contributed by atoms with E-state index in [4.69, 9.17) is 4.74 Å². The van der Waals surface area contributed by atoms with Crippen molar-refractivity contribution in [1.82, 2.24) is 5.32 Å². The molecule has 2 aliphatic carbocycles. The predicted molar refractivity (Wildman–Crippen MR) is 63.1 cm³/mol. The topological polar surface area (TPSA) is 38.3 Å². The minimum absolute atomic E-state index is 0.00981. The molecule has 16 heavy (non-hydrogen) atoms. The van der Waals surface area contributed by atoms with Crippen LogP contribution in [0.5, 0.6) is 0 Å². The number of rotatable bonds is 3. The monoisotopic (exact) mass is 223 g/mol. The second-order valence-electron chi connectivity index (χ2n) is 4.83. The standard InChI is InChI=1S/C13H21NO2/c1-16-13(15)11-8-4-5-9-12(11)14-10-6-2-3-7-10/h4-5,10-12,14H,2-3,6-9H2,1H3/t11-,12+/m1/s1. The van der Waals surface area contributed by atoms with E-state index in [-0.39, 0.29) is 17.9 Å². The maximum atomic E-state index is 11.7. The largest absolute Gasteiger partial charge is 0.469 e. The molecule has 0 spiro atoms. The molecule has 0 aromatic carbocycles. The van der Waals surface area contributed by atoms with Crippen molar-refractivity contribution < 1.29 is 9.53 Å². The Morgan fingerprint density at radius 3 is 2.62 bits per heavy atom. The van der Waals surface area contributed by atoms with Crippen LogP contribution in [0.3, 0.4) is 0 Å². The molecule has 0 aromatic rings. The van der Waals surface area contributed by atoms with E-state index in [0.29, 0.717) is 6.04 Å². The van der Waals surface area contributed by atoms with Gasteiger partial charge in [0.25, 0.3) is 0 Å². The summed E-state index contributed by atoms with van der Waals surface area (Å²) < 4.78 is 4.87. The van der Waals surface area contributed by atoms with Gasteiger partial charge in [0.1, 0.15) is 0 Å². The highest BCUT2D eigenvalue weighted by atomic mass is 16.5. The fraction of sp³-hybridized carbons (Fsp3) is 0.769. The summed E-state index contributed by atoms with van der Waals surface area (Å²) in [6.07, 6.45) is 11.2. The SMILES string of the molecule is COC(=O)[C@@H]1CC=CC[C@@H]1NC1CCCC1. The summed E-state index contributed by atoms with van der Waals surface area (Å²) in [7, 11) is 1.48. The van der Waals surface area contributed by atoms with Gasteiger partial charge in [-0.1, -0.05) is 25.0 Å². The molecule has 0 heterocycles. The Bertz CT molecular complexity index is 269. The van der Waals surface area contributed by atoms with Crippen LogP contribution in [0.4, 0.5) is 0 Å². The molecule has 2 aliphatic rings. The molecule has 1 N–H and O–H groups in total. The van der Waals surface area contributed by atoms with E-state index < -0.39 is 0 Å². The molecule has 1 saturated carbocycles. The number of carbonyl (C=O) groups is 1. The van der Waals surface area contributed by atoms with E-state index >= 15 is 0 Å². The average molecular weight is 223 g/mol. The molecule has 0 radical (unpaired) electrons. The van der Waals surface area contributed by atoms with Gasteiger partial charge in [-0.3, -0.25) is 4.79 Å². The fourth-order valence-electron chi connectivity index (χ4n) is 2.81. The molecular weight excluding hydrogens is 202 g/mol. The third-order valence-corrected chi connectivity index (χ3v) is 3.74. The van der Waals surface area contributed by atoms with Crippen molar-refractivity contribution in [3.63, 3.8) is 0 Å². The molecule has 2 rings (SSSR count). The first-order valence-corrected chi connectivity index (χ1v) is 6.30. The Morgan fingerprint density at radius 1 is 1.25 bits per heavy atom. The molecule has 0 saturated heterocycles. The zero-order valence-corrected chi connectivity index (χ0v) is 9.95. The van der Waals surface area contributed by atoms with E-state index in [1.54, 1.807) is 0 Å². The number of methoxy groups -OCH3 is 1. The Labute approximate surface area is 97.2 Å². The first kappa shape index (κ1) is 11.6. The molecule has 0 amide bonds. The smallest absolute Gasteiger partial charge is 0.310 e. The van der Waals surface area contributed by atoms with Crippen LogP contribution in [-0.4, -0.2) is 25.2 Å². The van der Waals surface area contributed by atoms with Crippen molar-refractivity contribution in [2.45, 2.75) is 50.6 Å². The van der Waals surface area contributed by atoms with Gasteiger partial charge in [-0.25, -0.2) is 0 Å². The van der Waals surface area contributed by atoms with Gasteiger partial charge >= 0.3 is 5.97 Å². The summed E-state index contributed by atoms with van der Waals surface area (Å²) >= 11 is 0. The minimum atomic E-state index is -0.0696. The number of hydrogen-bond donors (Lipinski definition) is 1. The lowest BCUT2D eigenvalue weighted by atomic mass is 9.88. The predicted octanol–water partition coefficient (Wildman–Crippen LogP) is 2.03. The highest BCUT2D eigenvalue weighted by molar-refractivity contribution is 5.73. The van der Waals surface area contributed by atoms with Crippen molar-refractivity contribution in [2.75, 3.05) is 7.11 Å². The maximum Gasteiger partial charge on any atom is 0.310 e. The summed E-state index contributed by atoms with van der Waals surface area (Å²) in [5, 5.41) is 3.63. The van der Waals surface area contributed by atoms with Crippen molar-refractivity contribution in [1.29, 1.82) is 0 Å². The van der Waals surface area contributed by atoms with E-state index in [2.05, 4.69) is 17.5 Å². The van der Waals surface area contributed by atoms with Crippen LogP contribution >= 0.6 is 0 Å². The zero-order valence-electron chi connectivity index (χ0n) is 9.95. The van der Waals surface area contributed by atoms with Crippen LogP contribution in [0.1, 0.15) is 38.5 Å². The fourth-order valence-corrected chi connectivity index (χ4v) is 2.81. The normalized spacial score (nSPS) is 30.6. The second-order valence-corrected chi connectivity index (χ2v) is 4.83. The number of ether oxygens (including phenoxy) is 1. The van der Waals surface area contributed by atoms with Crippen LogP contribution < -0.4 is 5.32 Å². The van der Waals surface area contributed by atoms with Crippen LogP contribution in [0, 0.1) is 5.92 Å². The van der Waals surface area contributed by atoms with Gasteiger partial charge in [-0.05, 0) is 25.7 Å². The quantitative estimate of drug-likeness (QED) is 0.587. The van der Waals surface area contributed by atoms with Crippen LogP contribution in [0.2, 0.25) is 0 Å². The van der Waals surface area contributed by atoms with Crippen LogP contribution in [-0.2, 0) is 9.53 Å². The number of carbonyl (C=O) groups excluding carboxylic acids is 1. The maximum absolute atomic E-state index is 11.7. The molecule has 90 valence electrons. The summed E-state index contributed by atoms with van der Waals surface area (Å²) in [4.78, 5) is 11.7. The van der Waals surface area contributed by atoms with Gasteiger partial charge in [0.2, 0.25) is 0 Å². The van der Waals surface area contributed by atoms with Gasteiger partial charge in [-0.15, -0.1) is 0 Å². The van der Waals surface area contributed by atoms with Crippen molar-refractivity contribution in [3.05, 3.63) is 12.2 Å². The highest BCUT2D eigenvalue weighted by Crippen LogP contribution is 2.24. The summed E-state index contributed by atoms with van der Waals surface area (Å²) in [6.45, 7) is 0. The number of esters is 1. The van der Waals surface area contributed by atoms with Crippen molar-refractivity contribution in [2.24, 2.45) is 5.92 Å². The third kappa shape index (κ3) is 2.64. The first-order chi connectivity index (χ1) is 7.81. The van der Waals surface area contributed by atoms with Crippen LogP contribution in [0.15, 0.2) is 12.2 Å². The molecule has 0 aliphatic heterocycles.